The third-order valence-corrected chi connectivity index (χ3v) is 6.19. The first kappa shape index (κ1) is 18.4. The molecule has 4 rings (SSSR count). The summed E-state index contributed by atoms with van der Waals surface area (Å²) in [6, 6.07) is 6.57. The molecule has 0 unspecified atom stereocenters. The van der Waals surface area contributed by atoms with E-state index in [2.05, 4.69) is 10.3 Å². The highest BCUT2D eigenvalue weighted by molar-refractivity contribution is 7.18. The van der Waals surface area contributed by atoms with Crippen LogP contribution in [-0.2, 0) is 24.2 Å². The summed E-state index contributed by atoms with van der Waals surface area (Å²) in [6.45, 7) is 0.219. The van der Waals surface area contributed by atoms with E-state index in [1.165, 1.54) is 15.8 Å². The highest BCUT2D eigenvalue weighted by Gasteiger charge is 2.20. The number of hydrogen-bond acceptors (Lipinski definition) is 5. The van der Waals surface area contributed by atoms with Gasteiger partial charge in [-0.25, -0.2) is 4.98 Å². The Morgan fingerprint density at radius 2 is 2.00 bits per heavy atom. The fourth-order valence-electron chi connectivity index (χ4n) is 3.58. The average Bonchev–Trinajstić information content (AvgIpc) is 3.07. The van der Waals surface area contributed by atoms with Gasteiger partial charge in [-0.1, -0.05) is 12.1 Å². The maximum Gasteiger partial charge on any atom is 0.262 e. The van der Waals surface area contributed by atoms with Gasteiger partial charge in [0.2, 0.25) is 5.91 Å². The molecule has 144 valence electrons. The van der Waals surface area contributed by atoms with Crippen molar-refractivity contribution in [2.24, 2.45) is 5.73 Å². The number of aromatic nitrogens is 2. The molecule has 3 N–H and O–H groups in total. The molecule has 0 spiro atoms. The molecule has 1 aliphatic rings. The minimum atomic E-state index is -0.607. The molecule has 8 heteroatoms. The lowest BCUT2D eigenvalue weighted by atomic mass is 9.97. The lowest BCUT2D eigenvalue weighted by Crippen LogP contribution is -2.24. The van der Waals surface area contributed by atoms with Crippen LogP contribution < -0.4 is 16.6 Å². The number of rotatable bonds is 5. The Hall–Kier alpha value is -3.00. The topological polar surface area (TPSA) is 107 Å². The van der Waals surface area contributed by atoms with Gasteiger partial charge in [0.15, 0.2) is 0 Å². The maximum atomic E-state index is 12.9. The number of benzene rings is 1. The molecule has 0 aliphatic heterocycles. The van der Waals surface area contributed by atoms with Crippen molar-refractivity contribution in [3.8, 4) is 0 Å². The van der Waals surface area contributed by atoms with Gasteiger partial charge in [0.05, 0.1) is 23.0 Å². The number of nitrogens with two attached hydrogens (primary N) is 1. The van der Waals surface area contributed by atoms with E-state index in [0.717, 1.165) is 36.1 Å². The molecule has 28 heavy (non-hydrogen) atoms. The second-order valence-corrected chi connectivity index (χ2v) is 7.93. The van der Waals surface area contributed by atoms with E-state index in [4.69, 9.17) is 5.73 Å². The number of primary amides is 1. The Morgan fingerprint density at radius 1 is 1.21 bits per heavy atom. The number of hydrogen-bond donors (Lipinski definition) is 2. The molecule has 0 saturated carbocycles. The third kappa shape index (κ3) is 3.43. The van der Waals surface area contributed by atoms with Crippen LogP contribution in [0, 0.1) is 0 Å². The van der Waals surface area contributed by atoms with E-state index in [1.807, 2.05) is 0 Å². The van der Waals surface area contributed by atoms with Crippen molar-refractivity contribution in [1.82, 2.24) is 9.55 Å². The highest BCUT2D eigenvalue weighted by atomic mass is 32.1. The molecule has 3 aromatic rings. The zero-order valence-corrected chi connectivity index (χ0v) is 16.1. The Kier molecular flexibility index (Phi) is 4.95. The summed E-state index contributed by atoms with van der Waals surface area (Å²) >= 11 is 1.61. The molecule has 2 amide bonds. The molecule has 0 radical (unpaired) electrons. The number of anilines is 1. The number of amides is 2. The van der Waals surface area contributed by atoms with Crippen LogP contribution in [0.1, 0.15) is 40.1 Å². The van der Waals surface area contributed by atoms with Gasteiger partial charge in [-0.2, -0.15) is 0 Å². The highest BCUT2D eigenvalue weighted by Crippen LogP contribution is 2.33. The molecule has 1 aromatic carbocycles. The number of nitrogens with zero attached hydrogens (tertiary/aromatic N) is 2. The molecular formula is C20H20N4O3S. The predicted octanol–water partition coefficient (Wildman–Crippen LogP) is 2.46. The number of fused-ring (bicyclic) bond motifs is 3. The summed E-state index contributed by atoms with van der Waals surface area (Å²) in [5.41, 5.74) is 7.00. The van der Waals surface area contributed by atoms with Gasteiger partial charge >= 0.3 is 0 Å². The van der Waals surface area contributed by atoms with Crippen LogP contribution in [0.25, 0.3) is 10.2 Å². The van der Waals surface area contributed by atoms with Gasteiger partial charge in [0.25, 0.3) is 11.5 Å². The first-order valence-electron chi connectivity index (χ1n) is 9.23. The van der Waals surface area contributed by atoms with E-state index in [9.17, 15) is 14.4 Å². The zero-order chi connectivity index (χ0) is 19.7. The second-order valence-electron chi connectivity index (χ2n) is 6.84. The average molecular weight is 396 g/mol. The zero-order valence-electron chi connectivity index (χ0n) is 15.2. The lowest BCUT2D eigenvalue weighted by Gasteiger charge is -2.11. The molecule has 1 aliphatic carbocycles. The largest absolute Gasteiger partial charge is 0.366 e. The summed E-state index contributed by atoms with van der Waals surface area (Å²) in [4.78, 5) is 43.2. The van der Waals surface area contributed by atoms with E-state index in [1.54, 1.807) is 35.6 Å². The van der Waals surface area contributed by atoms with Gasteiger partial charge < -0.3 is 11.1 Å². The summed E-state index contributed by atoms with van der Waals surface area (Å²) in [7, 11) is 0. The van der Waals surface area contributed by atoms with E-state index >= 15 is 0 Å². The van der Waals surface area contributed by atoms with Crippen LogP contribution in [0.2, 0.25) is 0 Å². The van der Waals surface area contributed by atoms with Crippen molar-refractivity contribution >= 4 is 39.1 Å². The standard InChI is InChI=1S/C20H20N4O3S/c21-18(26)12-5-1-3-7-14(12)23-16(25)9-10-24-11-22-19-17(20(24)27)13-6-2-4-8-15(13)28-19/h1,3,5,7,11H,2,4,6,8-10H2,(H2,21,26)(H,23,25). The SMILES string of the molecule is NC(=O)c1ccccc1NC(=O)CCn1cnc2sc3c(c2c1=O)CCCC3. The quantitative estimate of drug-likeness (QED) is 0.691. The molecule has 0 bridgehead atoms. The number of carbonyl (C=O) groups is 2. The van der Waals surface area contributed by atoms with Gasteiger partial charge in [-0.05, 0) is 43.4 Å². The smallest absolute Gasteiger partial charge is 0.262 e. The fourth-order valence-corrected chi connectivity index (χ4v) is 4.80. The van der Waals surface area contributed by atoms with E-state index in [-0.39, 0.29) is 30.0 Å². The number of thiophene rings is 1. The van der Waals surface area contributed by atoms with Crippen molar-refractivity contribution < 1.29 is 9.59 Å². The van der Waals surface area contributed by atoms with E-state index < -0.39 is 5.91 Å². The lowest BCUT2D eigenvalue weighted by molar-refractivity contribution is -0.116. The molecule has 0 fully saturated rings. The molecule has 2 heterocycles. The molecular weight excluding hydrogens is 376 g/mol. The predicted molar refractivity (Wildman–Crippen MR) is 109 cm³/mol. The Balaban J connectivity index is 1.52. The van der Waals surface area contributed by atoms with Crippen molar-refractivity contribution in [1.29, 1.82) is 0 Å². The Bertz CT molecular complexity index is 1130. The molecule has 0 atom stereocenters. The molecule has 0 saturated heterocycles. The Labute approximate surface area is 165 Å². The summed E-state index contributed by atoms with van der Waals surface area (Å²) in [5, 5.41) is 3.40. The van der Waals surface area contributed by atoms with E-state index in [0.29, 0.717) is 11.1 Å². The number of para-hydroxylation sites is 1. The van der Waals surface area contributed by atoms with Gasteiger partial charge in [0, 0.05) is 17.8 Å². The summed E-state index contributed by atoms with van der Waals surface area (Å²) in [6.07, 6.45) is 5.78. The second kappa shape index (κ2) is 7.55. The maximum absolute atomic E-state index is 12.9. The van der Waals surface area contributed by atoms with Crippen LogP contribution in [0.5, 0.6) is 0 Å². The van der Waals surface area contributed by atoms with Crippen molar-refractivity contribution in [3.05, 3.63) is 57.0 Å². The van der Waals surface area contributed by atoms with Crippen molar-refractivity contribution in [2.45, 2.75) is 38.6 Å². The first-order chi connectivity index (χ1) is 13.5. The van der Waals surface area contributed by atoms with Crippen molar-refractivity contribution in [2.75, 3.05) is 5.32 Å². The van der Waals surface area contributed by atoms with Crippen LogP contribution in [0.3, 0.4) is 0 Å². The minimum Gasteiger partial charge on any atom is -0.366 e. The number of nitrogens with one attached hydrogen (secondary N) is 1. The first-order valence-corrected chi connectivity index (χ1v) is 10.0. The molecule has 2 aromatic heterocycles. The molecule has 7 nitrogen and oxygen atoms in total. The fraction of sp³-hybridized carbons (Fsp3) is 0.300. The normalized spacial score (nSPS) is 13.3. The monoisotopic (exact) mass is 396 g/mol. The van der Waals surface area contributed by atoms with Crippen LogP contribution in [0.4, 0.5) is 5.69 Å². The Morgan fingerprint density at radius 3 is 2.82 bits per heavy atom. The van der Waals surface area contributed by atoms with Crippen LogP contribution >= 0.6 is 11.3 Å². The van der Waals surface area contributed by atoms with Gasteiger partial charge in [-0.3, -0.25) is 19.0 Å². The third-order valence-electron chi connectivity index (χ3n) is 4.99. The van der Waals surface area contributed by atoms with Crippen LogP contribution in [-0.4, -0.2) is 21.4 Å². The summed E-state index contributed by atoms with van der Waals surface area (Å²) in [5.74, 6) is -0.906. The number of aryl methyl sites for hydroxylation is 3. The minimum absolute atomic E-state index is 0.0882. The van der Waals surface area contributed by atoms with Gasteiger partial charge in [-0.15, -0.1) is 11.3 Å². The number of carbonyl (C=O) groups excluding carboxylic acids is 2. The van der Waals surface area contributed by atoms with Crippen LogP contribution in [0.15, 0.2) is 35.4 Å². The van der Waals surface area contributed by atoms with Crippen molar-refractivity contribution in [3.63, 3.8) is 0 Å². The van der Waals surface area contributed by atoms with Gasteiger partial charge in [0.1, 0.15) is 4.83 Å². The summed E-state index contributed by atoms with van der Waals surface area (Å²) < 4.78 is 1.49.